The summed E-state index contributed by atoms with van der Waals surface area (Å²) >= 11 is 6.08. The van der Waals surface area contributed by atoms with Gasteiger partial charge < -0.3 is 9.47 Å². The van der Waals surface area contributed by atoms with Crippen molar-refractivity contribution in [2.75, 3.05) is 6.61 Å². The first-order valence-electron chi connectivity index (χ1n) is 14.2. The zero-order valence-corrected chi connectivity index (χ0v) is 23.5. The number of halogens is 1. The van der Waals surface area contributed by atoms with Gasteiger partial charge in [-0.25, -0.2) is 0 Å². The van der Waals surface area contributed by atoms with Crippen LogP contribution in [0.5, 0.6) is 11.5 Å². The van der Waals surface area contributed by atoms with Crippen molar-refractivity contribution >= 4 is 17.6 Å². The van der Waals surface area contributed by atoms with E-state index in [9.17, 15) is 4.79 Å². The lowest BCUT2D eigenvalue weighted by atomic mass is 10.0. The van der Waals surface area contributed by atoms with E-state index in [1.807, 2.05) is 38.1 Å². The number of rotatable bonds is 19. The third-order valence-electron chi connectivity index (χ3n) is 6.59. The minimum Gasteiger partial charge on any atom is -0.494 e. The van der Waals surface area contributed by atoms with Crippen molar-refractivity contribution in [2.24, 2.45) is 5.92 Å². The first-order chi connectivity index (χ1) is 17.5. The molecule has 1 unspecified atom stereocenters. The van der Waals surface area contributed by atoms with Gasteiger partial charge in [0.2, 0.25) is 0 Å². The Morgan fingerprint density at radius 2 is 1.08 bits per heavy atom. The molecule has 0 radical (unpaired) electrons. The number of alkyl halides is 1. The molecule has 0 fully saturated rings. The molecule has 2 rings (SSSR count). The van der Waals surface area contributed by atoms with Crippen LogP contribution in [0.15, 0.2) is 48.5 Å². The molecule has 0 bridgehead atoms. The topological polar surface area (TPSA) is 35.5 Å². The van der Waals surface area contributed by atoms with Crippen LogP contribution in [0.3, 0.4) is 0 Å². The van der Waals surface area contributed by atoms with E-state index in [0.717, 1.165) is 29.9 Å². The molecule has 0 spiro atoms. The molecule has 200 valence electrons. The normalized spacial score (nSPS) is 12.0. The Morgan fingerprint density at radius 3 is 1.53 bits per heavy atom. The van der Waals surface area contributed by atoms with Gasteiger partial charge in [0.05, 0.1) is 6.61 Å². The second-order valence-electron chi connectivity index (χ2n) is 10.2. The minimum absolute atomic E-state index is 0.0312. The molecule has 2 aromatic rings. The molecule has 36 heavy (non-hydrogen) atoms. The van der Waals surface area contributed by atoms with Gasteiger partial charge >= 0.3 is 5.97 Å². The van der Waals surface area contributed by atoms with E-state index in [1.165, 1.54) is 77.0 Å². The summed E-state index contributed by atoms with van der Waals surface area (Å²) in [4.78, 5) is 12.0. The van der Waals surface area contributed by atoms with Gasteiger partial charge in [-0.2, -0.15) is 0 Å². The quantitative estimate of drug-likeness (QED) is 0.0809. The number of benzene rings is 2. The van der Waals surface area contributed by atoms with E-state index in [4.69, 9.17) is 21.1 Å². The highest BCUT2D eigenvalue weighted by Gasteiger charge is 2.21. The highest BCUT2D eigenvalue weighted by atomic mass is 35.5. The Labute approximate surface area is 224 Å². The molecule has 0 aromatic heterocycles. The zero-order valence-electron chi connectivity index (χ0n) is 22.8. The fourth-order valence-electron chi connectivity index (χ4n) is 4.21. The lowest BCUT2D eigenvalue weighted by Gasteiger charge is -2.12. The predicted molar refractivity (Wildman–Crippen MR) is 153 cm³/mol. The summed E-state index contributed by atoms with van der Waals surface area (Å²) in [5.74, 6) is 1.03. The van der Waals surface area contributed by atoms with Crippen molar-refractivity contribution in [2.45, 2.75) is 110 Å². The van der Waals surface area contributed by atoms with Gasteiger partial charge in [0.1, 0.15) is 16.9 Å². The first-order valence-corrected chi connectivity index (χ1v) is 14.6. The fraction of sp³-hybridized carbons (Fsp3) is 0.594. The maximum atomic E-state index is 12.0. The number of unbranched alkanes of at least 4 members (excludes halogenated alkanes) is 12. The second kappa shape index (κ2) is 18.3. The molecular formula is C32H47ClO3. The van der Waals surface area contributed by atoms with Crippen LogP contribution in [0.2, 0.25) is 0 Å². The molecule has 0 aliphatic heterocycles. The molecular weight excluding hydrogens is 468 g/mol. The highest BCUT2D eigenvalue weighted by molar-refractivity contribution is 6.30. The van der Waals surface area contributed by atoms with Crippen molar-refractivity contribution in [3.63, 3.8) is 0 Å². The van der Waals surface area contributed by atoms with E-state index in [-0.39, 0.29) is 5.92 Å². The summed E-state index contributed by atoms with van der Waals surface area (Å²) in [6, 6.07) is 15.7. The van der Waals surface area contributed by atoms with Crippen molar-refractivity contribution in [1.29, 1.82) is 0 Å². The largest absolute Gasteiger partial charge is 0.494 e. The third kappa shape index (κ3) is 12.3. The Morgan fingerprint density at radius 1 is 0.667 bits per heavy atom. The standard InChI is InChI=1S/C32H47ClO3/c1-4-5-6-7-8-9-10-11-12-13-14-15-16-25-35-29-21-17-27(18-22-29)28-19-23-30(24-20-28)36-32(34)31(33)26(2)3/h17-24,26,31H,4-16,25H2,1-3H3. The number of ether oxygens (including phenoxy) is 2. The monoisotopic (exact) mass is 514 g/mol. The number of carbonyl (C=O) groups excluding carboxylic acids is 1. The van der Waals surface area contributed by atoms with Crippen molar-refractivity contribution in [3.8, 4) is 22.6 Å². The number of hydrogen-bond acceptors (Lipinski definition) is 3. The molecule has 0 aliphatic carbocycles. The number of esters is 1. The van der Waals surface area contributed by atoms with Crippen LogP contribution in [0, 0.1) is 5.92 Å². The van der Waals surface area contributed by atoms with Gasteiger partial charge in [-0.1, -0.05) is 122 Å². The van der Waals surface area contributed by atoms with Crippen LogP contribution in [-0.4, -0.2) is 18.0 Å². The molecule has 0 amide bonds. The Hall–Kier alpha value is -2.00. The maximum Gasteiger partial charge on any atom is 0.329 e. The van der Waals surface area contributed by atoms with E-state index in [0.29, 0.717) is 5.75 Å². The van der Waals surface area contributed by atoms with Crippen LogP contribution >= 0.6 is 11.6 Å². The van der Waals surface area contributed by atoms with Crippen LogP contribution < -0.4 is 9.47 Å². The molecule has 0 heterocycles. The average molecular weight is 515 g/mol. The van der Waals surface area contributed by atoms with Crippen molar-refractivity contribution in [3.05, 3.63) is 48.5 Å². The Balaban J connectivity index is 1.56. The summed E-state index contributed by atoms with van der Waals surface area (Å²) in [6.07, 6.45) is 17.6. The molecule has 4 heteroatoms. The van der Waals surface area contributed by atoms with Crippen LogP contribution in [0.1, 0.15) is 104 Å². The first kappa shape index (κ1) is 30.2. The van der Waals surface area contributed by atoms with Gasteiger partial charge in [-0.3, -0.25) is 4.79 Å². The zero-order chi connectivity index (χ0) is 26.0. The van der Waals surface area contributed by atoms with Gasteiger partial charge in [-0.05, 0) is 47.7 Å². The van der Waals surface area contributed by atoms with E-state index < -0.39 is 11.3 Å². The Kier molecular flexibility index (Phi) is 15.3. The van der Waals surface area contributed by atoms with Gasteiger partial charge in [0.15, 0.2) is 0 Å². The molecule has 0 saturated carbocycles. The lowest BCUT2D eigenvalue weighted by Crippen LogP contribution is -2.25. The number of hydrogen-bond donors (Lipinski definition) is 0. The molecule has 0 aliphatic rings. The summed E-state index contributed by atoms with van der Waals surface area (Å²) in [7, 11) is 0. The maximum absolute atomic E-state index is 12.0. The van der Waals surface area contributed by atoms with E-state index >= 15 is 0 Å². The summed E-state index contributed by atoms with van der Waals surface area (Å²) < 4.78 is 11.3. The van der Waals surface area contributed by atoms with Crippen LogP contribution in [-0.2, 0) is 4.79 Å². The van der Waals surface area contributed by atoms with Crippen LogP contribution in [0.4, 0.5) is 0 Å². The predicted octanol–water partition coefficient (Wildman–Crippen LogP) is 9.99. The lowest BCUT2D eigenvalue weighted by molar-refractivity contribution is -0.134. The average Bonchev–Trinajstić information content (AvgIpc) is 2.89. The van der Waals surface area contributed by atoms with Crippen LogP contribution in [0.25, 0.3) is 11.1 Å². The van der Waals surface area contributed by atoms with E-state index in [1.54, 1.807) is 12.1 Å². The molecule has 1 atom stereocenters. The summed E-state index contributed by atoms with van der Waals surface area (Å²) in [5.41, 5.74) is 2.16. The third-order valence-corrected chi connectivity index (χ3v) is 7.27. The van der Waals surface area contributed by atoms with Crippen molar-refractivity contribution < 1.29 is 14.3 Å². The van der Waals surface area contributed by atoms with Gasteiger partial charge in [-0.15, -0.1) is 11.6 Å². The number of carbonyl (C=O) groups is 1. The summed E-state index contributed by atoms with van der Waals surface area (Å²) in [5, 5.41) is -0.642. The molecule has 3 nitrogen and oxygen atoms in total. The van der Waals surface area contributed by atoms with Gasteiger partial charge in [0, 0.05) is 0 Å². The van der Waals surface area contributed by atoms with Gasteiger partial charge in [0.25, 0.3) is 0 Å². The van der Waals surface area contributed by atoms with Crippen molar-refractivity contribution in [1.82, 2.24) is 0 Å². The molecule has 0 saturated heterocycles. The second-order valence-corrected chi connectivity index (χ2v) is 10.7. The SMILES string of the molecule is CCCCCCCCCCCCCCCOc1ccc(-c2ccc(OC(=O)C(Cl)C(C)C)cc2)cc1. The minimum atomic E-state index is -0.642. The summed E-state index contributed by atoms with van der Waals surface area (Å²) in [6.45, 7) is 6.85. The smallest absolute Gasteiger partial charge is 0.329 e. The molecule has 0 N–H and O–H groups in total. The molecule has 2 aromatic carbocycles. The Bertz CT molecular complexity index is 829. The fourth-order valence-corrected chi connectivity index (χ4v) is 4.26. The van der Waals surface area contributed by atoms with E-state index in [2.05, 4.69) is 19.1 Å². The highest BCUT2D eigenvalue weighted by Crippen LogP contribution is 2.25.